The number of methoxy groups -OCH3 is 1. The van der Waals surface area contributed by atoms with E-state index in [9.17, 15) is 22.8 Å². The Morgan fingerprint density at radius 2 is 1.76 bits per heavy atom. The van der Waals surface area contributed by atoms with E-state index in [1.54, 1.807) is 42.9 Å². The molecular weight excluding hydrogens is 464 g/mol. The highest BCUT2D eigenvalue weighted by atomic mass is 32.2. The number of sulfonamides is 1. The van der Waals surface area contributed by atoms with Crippen molar-refractivity contribution in [2.75, 3.05) is 12.4 Å². The molecule has 0 aliphatic carbocycles. The molecule has 0 aliphatic rings. The zero-order chi connectivity index (χ0) is 25.2. The second-order valence-corrected chi connectivity index (χ2v) is 8.94. The van der Waals surface area contributed by atoms with Crippen molar-refractivity contribution in [1.82, 2.24) is 9.36 Å². The number of ether oxygens (including phenoxy) is 2. The number of rotatable bonds is 7. The molecule has 0 fully saturated rings. The molecule has 1 aromatic heterocycles. The molecule has 0 radical (unpaired) electrons. The lowest BCUT2D eigenvalue weighted by molar-refractivity contribution is -0.123. The van der Waals surface area contributed by atoms with Crippen LogP contribution in [0.2, 0.25) is 0 Å². The molecule has 0 aliphatic heterocycles. The van der Waals surface area contributed by atoms with Crippen LogP contribution in [-0.4, -0.2) is 42.9 Å². The van der Waals surface area contributed by atoms with Crippen LogP contribution in [0, 0.1) is 6.92 Å². The maximum Gasteiger partial charge on any atom is 0.342 e. The van der Waals surface area contributed by atoms with Gasteiger partial charge in [-0.15, -0.1) is 0 Å². The second kappa shape index (κ2) is 9.53. The van der Waals surface area contributed by atoms with Gasteiger partial charge in [0.2, 0.25) is 10.0 Å². The van der Waals surface area contributed by atoms with Crippen molar-refractivity contribution in [2.24, 2.45) is 12.2 Å². The van der Waals surface area contributed by atoms with Gasteiger partial charge in [0, 0.05) is 7.05 Å². The minimum Gasteiger partial charge on any atom is -0.496 e. The number of carbonyl (C=O) groups excluding carboxylic acids is 2. The molecule has 34 heavy (non-hydrogen) atoms. The fraction of sp³-hybridized carbons (Fsp3) is 0.227. The first-order valence-electron chi connectivity index (χ1n) is 10.0. The number of esters is 1. The van der Waals surface area contributed by atoms with Crippen LogP contribution in [0.5, 0.6) is 5.75 Å². The van der Waals surface area contributed by atoms with Crippen molar-refractivity contribution in [3.8, 4) is 11.4 Å². The van der Waals surface area contributed by atoms with E-state index in [0.717, 1.165) is 6.07 Å². The number of nitrogens with two attached hydrogens (primary N) is 1. The molecule has 11 nitrogen and oxygen atoms in total. The van der Waals surface area contributed by atoms with Crippen molar-refractivity contribution in [3.05, 3.63) is 70.1 Å². The zero-order valence-corrected chi connectivity index (χ0v) is 19.8. The molecule has 3 N–H and O–H groups in total. The lowest BCUT2D eigenvalue weighted by Gasteiger charge is -2.15. The van der Waals surface area contributed by atoms with Crippen LogP contribution >= 0.6 is 0 Å². The lowest BCUT2D eigenvalue weighted by atomic mass is 10.2. The van der Waals surface area contributed by atoms with Gasteiger partial charge in [-0.25, -0.2) is 23.0 Å². The van der Waals surface area contributed by atoms with E-state index in [1.807, 2.05) is 6.07 Å². The van der Waals surface area contributed by atoms with E-state index < -0.39 is 33.6 Å². The molecule has 1 unspecified atom stereocenters. The molecule has 0 saturated carbocycles. The number of carbonyl (C=O) groups is 2. The summed E-state index contributed by atoms with van der Waals surface area (Å²) in [6.07, 6.45) is -1.32. The number of amides is 1. The standard InChI is InChI=1S/C22H24N4O7S/c1-13-19(21(28)26(25(13)3)15-8-6-5-7-9-15)24-20(27)14(2)33-22(29)17-12-16(34(23,30)31)10-11-18(17)32-4/h5-12,14H,1-4H3,(H,24,27)(H2,23,30,31). The predicted molar refractivity (Wildman–Crippen MR) is 124 cm³/mol. The summed E-state index contributed by atoms with van der Waals surface area (Å²) in [5.41, 5.74) is 0.452. The molecule has 1 heterocycles. The van der Waals surface area contributed by atoms with Crippen LogP contribution in [0.25, 0.3) is 5.69 Å². The van der Waals surface area contributed by atoms with Crippen molar-refractivity contribution in [2.45, 2.75) is 24.8 Å². The van der Waals surface area contributed by atoms with E-state index in [0.29, 0.717) is 11.4 Å². The number of nitrogens with one attached hydrogen (secondary N) is 1. The summed E-state index contributed by atoms with van der Waals surface area (Å²) in [7, 11) is -1.12. The molecule has 0 bridgehead atoms. The third-order valence-electron chi connectivity index (χ3n) is 5.17. The average molecular weight is 489 g/mol. The second-order valence-electron chi connectivity index (χ2n) is 7.38. The molecule has 3 aromatic rings. The van der Waals surface area contributed by atoms with Crippen LogP contribution in [0.4, 0.5) is 5.69 Å². The lowest BCUT2D eigenvalue weighted by Crippen LogP contribution is -2.32. The molecule has 1 amide bonds. The van der Waals surface area contributed by atoms with E-state index >= 15 is 0 Å². The van der Waals surface area contributed by atoms with Gasteiger partial charge in [0.1, 0.15) is 17.0 Å². The van der Waals surface area contributed by atoms with Gasteiger partial charge in [-0.2, -0.15) is 0 Å². The first-order valence-corrected chi connectivity index (χ1v) is 11.6. The fourth-order valence-electron chi connectivity index (χ4n) is 3.24. The first kappa shape index (κ1) is 24.7. The Hall–Kier alpha value is -3.90. The van der Waals surface area contributed by atoms with Crippen LogP contribution in [0.3, 0.4) is 0 Å². The fourth-order valence-corrected chi connectivity index (χ4v) is 3.78. The maximum absolute atomic E-state index is 13.0. The molecule has 12 heteroatoms. The van der Waals surface area contributed by atoms with Crippen molar-refractivity contribution < 1.29 is 27.5 Å². The number of aromatic nitrogens is 2. The van der Waals surface area contributed by atoms with Gasteiger partial charge in [-0.1, -0.05) is 18.2 Å². The highest BCUT2D eigenvalue weighted by Crippen LogP contribution is 2.23. The van der Waals surface area contributed by atoms with Gasteiger partial charge in [0.05, 0.1) is 23.4 Å². The summed E-state index contributed by atoms with van der Waals surface area (Å²) >= 11 is 0. The highest BCUT2D eigenvalue weighted by Gasteiger charge is 2.25. The molecular formula is C22H24N4O7S. The number of anilines is 1. The summed E-state index contributed by atoms with van der Waals surface area (Å²) in [5, 5.41) is 7.63. The van der Waals surface area contributed by atoms with Crippen molar-refractivity contribution in [3.63, 3.8) is 0 Å². The zero-order valence-electron chi connectivity index (χ0n) is 18.9. The van der Waals surface area contributed by atoms with Gasteiger partial charge in [0.25, 0.3) is 11.5 Å². The number of benzene rings is 2. The minimum atomic E-state index is -4.09. The Morgan fingerprint density at radius 3 is 2.35 bits per heavy atom. The topological polar surface area (TPSA) is 152 Å². The molecule has 0 spiro atoms. The average Bonchev–Trinajstić information content (AvgIpc) is 3.01. The Labute approximate surface area is 195 Å². The Balaban J connectivity index is 1.83. The van der Waals surface area contributed by atoms with Gasteiger partial charge in [0.15, 0.2) is 6.10 Å². The van der Waals surface area contributed by atoms with E-state index in [4.69, 9.17) is 14.6 Å². The summed E-state index contributed by atoms with van der Waals surface area (Å²) in [6.45, 7) is 2.98. The molecule has 3 rings (SSSR count). The SMILES string of the molecule is COc1ccc(S(N)(=O)=O)cc1C(=O)OC(C)C(=O)Nc1c(C)n(C)n(-c2ccccc2)c1=O. The number of hydrogen-bond donors (Lipinski definition) is 2. The first-order chi connectivity index (χ1) is 16.0. The monoisotopic (exact) mass is 488 g/mol. The van der Waals surface area contributed by atoms with Crippen LogP contribution in [0.15, 0.2) is 58.2 Å². The van der Waals surface area contributed by atoms with E-state index in [-0.39, 0.29) is 21.9 Å². The largest absolute Gasteiger partial charge is 0.496 e. The molecule has 0 saturated heterocycles. The minimum absolute atomic E-state index is 0.0352. The van der Waals surface area contributed by atoms with Gasteiger partial charge < -0.3 is 14.8 Å². The molecule has 180 valence electrons. The normalized spacial score (nSPS) is 12.1. The van der Waals surface area contributed by atoms with Gasteiger partial charge in [-0.05, 0) is 44.2 Å². The number of para-hydroxylation sites is 1. The van der Waals surface area contributed by atoms with Crippen molar-refractivity contribution in [1.29, 1.82) is 0 Å². The quantitative estimate of drug-likeness (QED) is 0.476. The summed E-state index contributed by atoms with van der Waals surface area (Å²) in [4.78, 5) is 38.0. The summed E-state index contributed by atoms with van der Waals surface area (Å²) in [6, 6.07) is 12.3. The number of nitrogens with zero attached hydrogens (tertiary/aromatic N) is 2. The highest BCUT2D eigenvalue weighted by molar-refractivity contribution is 7.89. The van der Waals surface area contributed by atoms with Crippen molar-refractivity contribution >= 4 is 27.6 Å². The van der Waals surface area contributed by atoms with E-state index in [1.165, 1.54) is 30.8 Å². The molecule has 1 atom stereocenters. The Kier molecular flexibility index (Phi) is 6.93. The molecule has 2 aromatic carbocycles. The van der Waals surface area contributed by atoms with Gasteiger partial charge in [-0.3, -0.25) is 14.3 Å². The van der Waals surface area contributed by atoms with Crippen LogP contribution < -0.4 is 20.8 Å². The number of hydrogen-bond acceptors (Lipinski definition) is 7. The third-order valence-corrected chi connectivity index (χ3v) is 6.09. The van der Waals surface area contributed by atoms with Crippen LogP contribution in [0.1, 0.15) is 23.0 Å². The predicted octanol–water partition coefficient (Wildman–Crippen LogP) is 1.32. The van der Waals surface area contributed by atoms with E-state index in [2.05, 4.69) is 5.32 Å². The Morgan fingerprint density at radius 1 is 1.12 bits per heavy atom. The number of primary sulfonamides is 1. The maximum atomic E-state index is 13.0. The van der Waals surface area contributed by atoms with Gasteiger partial charge >= 0.3 is 5.97 Å². The summed E-state index contributed by atoms with van der Waals surface area (Å²) < 4.78 is 36.5. The Bertz CT molecular complexity index is 1410. The smallest absolute Gasteiger partial charge is 0.342 e. The van der Waals surface area contributed by atoms with Crippen LogP contribution in [-0.2, 0) is 26.6 Å². The third kappa shape index (κ3) is 4.87. The summed E-state index contributed by atoms with van der Waals surface area (Å²) in [5.74, 6) is -1.72.